The molecule has 0 amide bonds. The predicted molar refractivity (Wildman–Crippen MR) is 88.9 cm³/mol. The number of aromatic amines is 1. The van der Waals surface area contributed by atoms with Crippen LogP contribution < -0.4 is 4.90 Å². The molecule has 0 spiro atoms. The van der Waals surface area contributed by atoms with Crippen molar-refractivity contribution in [2.75, 3.05) is 29.5 Å². The first-order chi connectivity index (χ1) is 10.4. The maximum absolute atomic E-state index is 4.66. The van der Waals surface area contributed by atoms with Gasteiger partial charge in [0.05, 0.1) is 11.0 Å². The topological polar surface area (TPSA) is 44.8 Å². The number of para-hydroxylation sites is 2. The smallest absolute Gasteiger partial charge is 0.138 e. The van der Waals surface area contributed by atoms with E-state index in [0.717, 1.165) is 41.3 Å². The lowest BCUT2D eigenvalue weighted by Gasteiger charge is -2.27. The van der Waals surface area contributed by atoms with Crippen LogP contribution in [0.4, 0.5) is 5.82 Å². The maximum Gasteiger partial charge on any atom is 0.138 e. The van der Waals surface area contributed by atoms with E-state index in [1.165, 1.54) is 11.5 Å². The van der Waals surface area contributed by atoms with Crippen molar-refractivity contribution in [3.05, 3.63) is 42.6 Å². The Morgan fingerprint density at radius 3 is 2.81 bits per heavy atom. The Hall–Kier alpha value is -2.01. The third-order valence-electron chi connectivity index (χ3n) is 3.74. The number of fused-ring (bicyclic) bond motifs is 1. The Labute approximate surface area is 127 Å². The number of nitrogens with one attached hydrogen (secondary N) is 1. The molecule has 4 nitrogen and oxygen atoms in total. The Morgan fingerprint density at radius 1 is 1.10 bits per heavy atom. The molecule has 4 rings (SSSR count). The molecule has 1 aliphatic heterocycles. The highest BCUT2D eigenvalue weighted by atomic mass is 32.2. The zero-order valence-corrected chi connectivity index (χ0v) is 12.4. The molecule has 0 unspecified atom stereocenters. The molecule has 0 radical (unpaired) electrons. The molecular weight excluding hydrogens is 280 g/mol. The number of thioether (sulfide) groups is 1. The van der Waals surface area contributed by atoms with Gasteiger partial charge in [-0.15, -0.1) is 0 Å². The summed E-state index contributed by atoms with van der Waals surface area (Å²) in [5.74, 6) is 4.31. The molecule has 3 aromatic rings. The lowest BCUT2D eigenvalue weighted by molar-refractivity contribution is 0.839. The van der Waals surface area contributed by atoms with Crippen molar-refractivity contribution < 1.29 is 0 Å². The first kappa shape index (κ1) is 12.7. The van der Waals surface area contributed by atoms with Crippen LogP contribution in [0, 0.1) is 0 Å². The van der Waals surface area contributed by atoms with Crippen LogP contribution in [-0.4, -0.2) is 39.5 Å². The van der Waals surface area contributed by atoms with Crippen molar-refractivity contribution in [3.8, 4) is 11.4 Å². The van der Waals surface area contributed by atoms with E-state index in [9.17, 15) is 0 Å². The molecule has 0 saturated carbocycles. The summed E-state index contributed by atoms with van der Waals surface area (Å²) in [6.07, 6.45) is 1.87. The average Bonchev–Trinajstić information content (AvgIpc) is 3.00. The fourth-order valence-electron chi connectivity index (χ4n) is 2.62. The van der Waals surface area contributed by atoms with Gasteiger partial charge in [-0.3, -0.25) is 0 Å². The summed E-state index contributed by atoms with van der Waals surface area (Å²) in [5, 5.41) is 0. The lowest BCUT2D eigenvalue weighted by atomic mass is 10.2. The van der Waals surface area contributed by atoms with Crippen LogP contribution in [0.3, 0.4) is 0 Å². The van der Waals surface area contributed by atoms with E-state index in [4.69, 9.17) is 0 Å². The summed E-state index contributed by atoms with van der Waals surface area (Å²) in [7, 11) is 0. The third kappa shape index (κ3) is 2.49. The highest BCUT2D eigenvalue weighted by molar-refractivity contribution is 7.99. The third-order valence-corrected chi connectivity index (χ3v) is 4.69. The second-order valence-electron chi connectivity index (χ2n) is 5.10. The quantitative estimate of drug-likeness (QED) is 0.789. The zero-order valence-electron chi connectivity index (χ0n) is 11.6. The van der Waals surface area contributed by atoms with Gasteiger partial charge in [-0.2, -0.15) is 11.8 Å². The van der Waals surface area contributed by atoms with Gasteiger partial charge in [-0.05, 0) is 24.3 Å². The maximum atomic E-state index is 4.66. The summed E-state index contributed by atoms with van der Waals surface area (Å²) in [6.45, 7) is 2.14. The van der Waals surface area contributed by atoms with Crippen LogP contribution in [0.15, 0.2) is 42.6 Å². The van der Waals surface area contributed by atoms with Gasteiger partial charge < -0.3 is 9.88 Å². The summed E-state index contributed by atoms with van der Waals surface area (Å²) in [4.78, 5) is 14.9. The Morgan fingerprint density at radius 2 is 1.95 bits per heavy atom. The molecule has 2 aromatic heterocycles. The Kier molecular flexibility index (Phi) is 3.27. The van der Waals surface area contributed by atoms with Gasteiger partial charge in [0, 0.05) is 36.4 Å². The van der Waals surface area contributed by atoms with Crippen LogP contribution in [0.25, 0.3) is 22.4 Å². The number of anilines is 1. The minimum absolute atomic E-state index is 0.909. The minimum atomic E-state index is 0.909. The SMILES string of the molecule is c1ccc2[nH]c(-c3ccnc(N4CCSCC4)c3)nc2c1. The summed E-state index contributed by atoms with van der Waals surface area (Å²) in [6, 6.07) is 12.3. The van der Waals surface area contributed by atoms with Crippen LogP contribution in [0.2, 0.25) is 0 Å². The molecule has 3 heterocycles. The van der Waals surface area contributed by atoms with Crippen molar-refractivity contribution in [2.45, 2.75) is 0 Å². The fourth-order valence-corrected chi connectivity index (χ4v) is 3.52. The molecule has 1 N–H and O–H groups in total. The normalized spacial score (nSPS) is 15.5. The number of benzene rings is 1. The number of nitrogens with zero attached hydrogens (tertiary/aromatic N) is 3. The summed E-state index contributed by atoms with van der Waals surface area (Å²) >= 11 is 2.01. The number of rotatable bonds is 2. The molecule has 106 valence electrons. The highest BCUT2D eigenvalue weighted by Crippen LogP contribution is 2.24. The van der Waals surface area contributed by atoms with E-state index < -0.39 is 0 Å². The molecular formula is C16H16N4S. The van der Waals surface area contributed by atoms with Gasteiger partial charge in [0.2, 0.25) is 0 Å². The second-order valence-corrected chi connectivity index (χ2v) is 6.33. The van der Waals surface area contributed by atoms with E-state index >= 15 is 0 Å². The summed E-state index contributed by atoms with van der Waals surface area (Å²) < 4.78 is 0. The first-order valence-corrected chi connectivity index (χ1v) is 8.29. The van der Waals surface area contributed by atoms with E-state index in [1.807, 2.05) is 42.2 Å². The Balaban J connectivity index is 1.71. The largest absolute Gasteiger partial charge is 0.355 e. The monoisotopic (exact) mass is 296 g/mol. The lowest BCUT2D eigenvalue weighted by Crippen LogP contribution is -2.33. The van der Waals surface area contributed by atoms with Crippen LogP contribution in [-0.2, 0) is 0 Å². The van der Waals surface area contributed by atoms with Crippen LogP contribution in [0.5, 0.6) is 0 Å². The van der Waals surface area contributed by atoms with Gasteiger partial charge in [0.25, 0.3) is 0 Å². The van der Waals surface area contributed by atoms with Crippen molar-refractivity contribution >= 4 is 28.6 Å². The van der Waals surface area contributed by atoms with Gasteiger partial charge in [0.1, 0.15) is 11.6 Å². The van der Waals surface area contributed by atoms with Gasteiger partial charge >= 0.3 is 0 Å². The fraction of sp³-hybridized carbons (Fsp3) is 0.250. The predicted octanol–water partition coefficient (Wildman–Crippen LogP) is 3.18. The molecule has 5 heteroatoms. The van der Waals surface area contributed by atoms with Gasteiger partial charge in [0.15, 0.2) is 0 Å². The van der Waals surface area contributed by atoms with Crippen LogP contribution in [0.1, 0.15) is 0 Å². The van der Waals surface area contributed by atoms with Gasteiger partial charge in [-0.1, -0.05) is 12.1 Å². The molecule has 1 aliphatic rings. The second kappa shape index (κ2) is 5.41. The molecule has 0 bridgehead atoms. The number of aromatic nitrogens is 3. The average molecular weight is 296 g/mol. The minimum Gasteiger partial charge on any atom is -0.355 e. The van der Waals surface area contributed by atoms with E-state index in [0.29, 0.717) is 0 Å². The Bertz CT molecular complexity index is 729. The first-order valence-electron chi connectivity index (χ1n) is 7.14. The molecule has 21 heavy (non-hydrogen) atoms. The van der Waals surface area contributed by atoms with Crippen LogP contribution >= 0.6 is 11.8 Å². The van der Waals surface area contributed by atoms with E-state index in [2.05, 4.69) is 32.0 Å². The zero-order chi connectivity index (χ0) is 14.1. The number of hydrogen-bond donors (Lipinski definition) is 1. The molecule has 0 atom stereocenters. The number of hydrogen-bond acceptors (Lipinski definition) is 4. The standard InChI is InChI=1S/C16H16N4S/c1-2-4-14-13(3-1)18-16(19-14)12-5-6-17-15(11-12)20-7-9-21-10-8-20/h1-6,11H,7-10H2,(H,18,19). The number of H-pyrrole nitrogens is 1. The highest BCUT2D eigenvalue weighted by Gasteiger charge is 2.13. The summed E-state index contributed by atoms with van der Waals surface area (Å²) in [5.41, 5.74) is 3.16. The van der Waals surface area contributed by atoms with Crippen molar-refractivity contribution in [1.29, 1.82) is 0 Å². The van der Waals surface area contributed by atoms with Crippen molar-refractivity contribution in [2.24, 2.45) is 0 Å². The van der Waals surface area contributed by atoms with Gasteiger partial charge in [-0.25, -0.2) is 9.97 Å². The number of pyridine rings is 1. The van der Waals surface area contributed by atoms with E-state index in [-0.39, 0.29) is 0 Å². The van der Waals surface area contributed by atoms with Crippen molar-refractivity contribution in [1.82, 2.24) is 15.0 Å². The molecule has 1 saturated heterocycles. The number of imidazole rings is 1. The van der Waals surface area contributed by atoms with Crippen molar-refractivity contribution in [3.63, 3.8) is 0 Å². The molecule has 1 aromatic carbocycles. The van der Waals surface area contributed by atoms with E-state index in [1.54, 1.807) is 0 Å². The molecule has 1 fully saturated rings. The molecule has 0 aliphatic carbocycles.